The first-order valence-electron chi connectivity index (χ1n) is 12.5. The molecule has 10 heteroatoms. The van der Waals surface area contributed by atoms with Crippen LogP contribution in [0.15, 0.2) is 29.2 Å². The van der Waals surface area contributed by atoms with Crippen LogP contribution in [-0.2, 0) is 16.8 Å². The smallest absolute Gasteiger partial charge is 0.276 e. The molecule has 3 heterocycles. The molecule has 1 saturated heterocycles. The number of fused-ring (bicyclic) bond motifs is 4. The first-order chi connectivity index (χ1) is 17.4. The average Bonchev–Trinajstić information content (AvgIpc) is 3.68. The maximum atomic E-state index is 14.3. The molecule has 36 heavy (non-hydrogen) atoms. The Balaban J connectivity index is 1.55. The van der Waals surface area contributed by atoms with E-state index >= 15 is 0 Å². The summed E-state index contributed by atoms with van der Waals surface area (Å²) >= 11 is 5.85. The van der Waals surface area contributed by atoms with Gasteiger partial charge in [-0.05, 0) is 38.2 Å². The van der Waals surface area contributed by atoms with Crippen molar-refractivity contribution in [3.05, 3.63) is 62.3 Å². The predicted molar refractivity (Wildman–Crippen MR) is 131 cm³/mol. The number of carbonyl (C=O) groups excluding carboxylic acids is 2. The molecule has 1 atom stereocenters. The van der Waals surface area contributed by atoms with Crippen molar-refractivity contribution in [2.24, 2.45) is 0 Å². The number of hydrogen-bond acceptors (Lipinski definition) is 5. The van der Waals surface area contributed by atoms with Gasteiger partial charge in [-0.1, -0.05) is 37.1 Å². The molecular formula is C26H29ClFN3O5. The van der Waals surface area contributed by atoms with Crippen LogP contribution in [0.3, 0.4) is 0 Å². The van der Waals surface area contributed by atoms with E-state index in [1.807, 2.05) is 6.92 Å². The van der Waals surface area contributed by atoms with E-state index in [1.165, 1.54) is 18.3 Å². The number of halogens is 2. The van der Waals surface area contributed by atoms with Crippen LogP contribution in [0.2, 0.25) is 5.02 Å². The van der Waals surface area contributed by atoms with Crippen molar-refractivity contribution in [3.63, 3.8) is 0 Å². The van der Waals surface area contributed by atoms with Crippen LogP contribution in [0.4, 0.5) is 4.39 Å². The molecule has 2 aromatic rings. The highest BCUT2D eigenvalue weighted by Crippen LogP contribution is 2.53. The summed E-state index contributed by atoms with van der Waals surface area (Å²) in [6.07, 6.45) is 5.69. The van der Waals surface area contributed by atoms with Gasteiger partial charge in [0.05, 0.1) is 17.2 Å². The largest absolute Gasteiger partial charge is 0.487 e. The van der Waals surface area contributed by atoms with Crippen LogP contribution in [0.5, 0.6) is 5.75 Å². The van der Waals surface area contributed by atoms with E-state index in [0.29, 0.717) is 19.6 Å². The molecule has 1 N–H and O–H groups in total. The predicted octanol–water partition coefficient (Wildman–Crippen LogP) is 3.83. The van der Waals surface area contributed by atoms with Crippen LogP contribution in [0.25, 0.3) is 0 Å². The van der Waals surface area contributed by atoms with Crippen molar-refractivity contribution in [1.82, 2.24) is 14.8 Å². The summed E-state index contributed by atoms with van der Waals surface area (Å²) in [6, 6.07) is 4.51. The summed E-state index contributed by atoms with van der Waals surface area (Å²) in [7, 11) is 0. The molecule has 1 saturated carbocycles. The van der Waals surface area contributed by atoms with E-state index in [9.17, 15) is 18.8 Å². The number of hydrogen-bond donors (Lipinski definition) is 1. The third-order valence-electron chi connectivity index (χ3n) is 7.14. The molecule has 2 fully saturated rings. The number of aromatic nitrogens is 1. The Kier molecular flexibility index (Phi) is 6.78. The minimum absolute atomic E-state index is 0.0515. The van der Waals surface area contributed by atoms with Crippen molar-refractivity contribution in [1.29, 1.82) is 0 Å². The van der Waals surface area contributed by atoms with Gasteiger partial charge < -0.3 is 24.3 Å². The van der Waals surface area contributed by atoms with Gasteiger partial charge in [-0.3, -0.25) is 14.4 Å². The summed E-state index contributed by atoms with van der Waals surface area (Å²) in [5.74, 6) is -1.74. The standard InChI is InChI=1S/C26H29ClFN3O5/c1-2-3-12-35-22-20-24(34)30-11-4-5-13-36-25(30)26(9-10-26)31(20)15-17(21(22)32)23(33)29-14-16-7-6-8-18(27)19(16)28/h6-8,15,25H,2-5,9-14H2,1H3,(H,29,33). The zero-order chi connectivity index (χ0) is 25.4. The van der Waals surface area contributed by atoms with Crippen LogP contribution in [0.1, 0.15) is 71.9 Å². The zero-order valence-electron chi connectivity index (χ0n) is 20.1. The van der Waals surface area contributed by atoms with Gasteiger partial charge in [0.1, 0.15) is 11.4 Å². The molecule has 192 valence electrons. The molecule has 2 amide bonds. The van der Waals surface area contributed by atoms with Crippen molar-refractivity contribution >= 4 is 23.4 Å². The van der Waals surface area contributed by atoms with Crippen molar-refractivity contribution < 1.29 is 23.5 Å². The molecule has 5 rings (SSSR count). The van der Waals surface area contributed by atoms with Crippen molar-refractivity contribution in [2.75, 3.05) is 19.8 Å². The van der Waals surface area contributed by atoms with Gasteiger partial charge in [0, 0.05) is 31.5 Å². The summed E-state index contributed by atoms with van der Waals surface area (Å²) in [4.78, 5) is 42.1. The van der Waals surface area contributed by atoms with E-state index in [4.69, 9.17) is 21.1 Å². The minimum atomic E-state index is -0.678. The Morgan fingerprint density at radius 1 is 1.31 bits per heavy atom. The van der Waals surface area contributed by atoms with Gasteiger partial charge >= 0.3 is 0 Å². The van der Waals surface area contributed by atoms with E-state index in [0.717, 1.165) is 32.1 Å². The monoisotopic (exact) mass is 517 g/mol. The topological polar surface area (TPSA) is 89.9 Å². The van der Waals surface area contributed by atoms with Crippen LogP contribution >= 0.6 is 11.6 Å². The lowest BCUT2D eigenvalue weighted by molar-refractivity contribution is -0.0803. The molecule has 1 aromatic heterocycles. The van der Waals surface area contributed by atoms with E-state index < -0.39 is 28.9 Å². The molecule has 1 unspecified atom stereocenters. The Morgan fingerprint density at radius 3 is 2.86 bits per heavy atom. The number of nitrogens with one attached hydrogen (secondary N) is 1. The first kappa shape index (κ1) is 24.8. The van der Waals surface area contributed by atoms with Gasteiger partial charge in [-0.15, -0.1) is 0 Å². The van der Waals surface area contributed by atoms with Gasteiger partial charge in [-0.2, -0.15) is 0 Å². The fourth-order valence-corrected chi connectivity index (χ4v) is 5.22. The van der Waals surface area contributed by atoms with E-state index in [2.05, 4.69) is 5.32 Å². The maximum absolute atomic E-state index is 14.3. The Labute approximate surface area is 213 Å². The fraction of sp³-hybridized carbons (Fsp3) is 0.500. The molecule has 0 radical (unpaired) electrons. The number of nitrogens with zero attached hydrogens (tertiary/aromatic N) is 2. The maximum Gasteiger partial charge on any atom is 0.276 e. The molecule has 3 aliphatic rings. The second kappa shape index (κ2) is 9.86. The van der Waals surface area contributed by atoms with Crippen molar-refractivity contribution in [3.8, 4) is 5.75 Å². The summed E-state index contributed by atoms with van der Waals surface area (Å²) in [5, 5.41) is 2.57. The van der Waals surface area contributed by atoms with E-state index in [1.54, 1.807) is 15.5 Å². The number of rotatable bonds is 7. The highest BCUT2D eigenvalue weighted by Gasteiger charge is 2.60. The number of ether oxygens (including phenoxy) is 2. The van der Waals surface area contributed by atoms with Gasteiger partial charge in [0.2, 0.25) is 5.43 Å². The molecule has 8 nitrogen and oxygen atoms in total. The van der Waals surface area contributed by atoms with E-state index in [-0.39, 0.29) is 46.7 Å². The second-order valence-corrected chi connectivity index (χ2v) is 9.96. The number of amides is 2. The molecule has 1 spiro atoms. The second-order valence-electron chi connectivity index (χ2n) is 9.55. The van der Waals surface area contributed by atoms with Gasteiger partial charge in [0.25, 0.3) is 11.8 Å². The third kappa shape index (κ3) is 4.18. The highest BCUT2D eigenvalue weighted by atomic mass is 35.5. The van der Waals surface area contributed by atoms with Gasteiger partial charge in [-0.25, -0.2) is 4.39 Å². The molecular weight excluding hydrogens is 489 g/mol. The summed E-state index contributed by atoms with van der Waals surface area (Å²) in [5.41, 5.74) is -0.982. The lowest BCUT2D eigenvalue weighted by Crippen LogP contribution is -2.57. The molecule has 2 aliphatic heterocycles. The normalized spacial score (nSPS) is 19.9. The van der Waals surface area contributed by atoms with Gasteiger partial charge in [0.15, 0.2) is 17.7 Å². The van der Waals surface area contributed by atoms with Crippen molar-refractivity contribution in [2.45, 2.75) is 63.8 Å². The number of pyridine rings is 1. The lowest BCUT2D eigenvalue weighted by Gasteiger charge is -2.43. The summed E-state index contributed by atoms with van der Waals surface area (Å²) in [6.45, 7) is 3.18. The SMILES string of the molecule is CCCCOc1c2n(cc(C(=O)NCc3cccc(Cl)c3F)c1=O)C1(CC1)C1OCCCCN1C2=O. The lowest BCUT2D eigenvalue weighted by atomic mass is 10.0. The molecule has 1 aromatic carbocycles. The number of unbranched alkanes of at least 4 members (excludes halogenated alkanes) is 1. The average molecular weight is 518 g/mol. The zero-order valence-corrected chi connectivity index (χ0v) is 20.9. The quantitative estimate of drug-likeness (QED) is 0.564. The fourth-order valence-electron chi connectivity index (χ4n) is 5.02. The minimum Gasteiger partial charge on any atom is -0.487 e. The molecule has 1 aliphatic carbocycles. The Morgan fingerprint density at radius 2 is 2.11 bits per heavy atom. The van der Waals surface area contributed by atoms with Crippen LogP contribution < -0.4 is 15.5 Å². The Bertz CT molecular complexity index is 1260. The summed E-state index contributed by atoms with van der Waals surface area (Å²) < 4.78 is 28.1. The molecule has 0 bridgehead atoms. The number of carbonyl (C=O) groups is 2. The Hall–Kier alpha value is -2.91. The van der Waals surface area contributed by atoms with Crippen LogP contribution in [0, 0.1) is 5.82 Å². The third-order valence-corrected chi connectivity index (χ3v) is 7.43. The highest BCUT2D eigenvalue weighted by molar-refractivity contribution is 6.30. The first-order valence-corrected chi connectivity index (χ1v) is 12.8. The van der Waals surface area contributed by atoms with Crippen LogP contribution in [-0.4, -0.2) is 47.3 Å². The number of benzene rings is 1.